The van der Waals surface area contributed by atoms with Gasteiger partial charge in [-0.15, -0.1) is 0 Å². The molecule has 1 aromatic heterocycles. The van der Waals surface area contributed by atoms with Gasteiger partial charge < -0.3 is 13.9 Å². The number of benzene rings is 1. The maximum Gasteiger partial charge on any atom is 0.348 e. The number of esters is 2. The van der Waals surface area contributed by atoms with Crippen LogP contribution >= 0.6 is 0 Å². The lowest BCUT2D eigenvalue weighted by Crippen LogP contribution is -2.41. The molecule has 1 aliphatic rings. The van der Waals surface area contributed by atoms with Gasteiger partial charge in [0.1, 0.15) is 17.1 Å². The number of carbonyl (C=O) groups excluding carboxylic acids is 3. The van der Waals surface area contributed by atoms with Crippen LogP contribution in [0.2, 0.25) is 0 Å². The van der Waals surface area contributed by atoms with Crippen LogP contribution in [0.5, 0.6) is 0 Å². The summed E-state index contributed by atoms with van der Waals surface area (Å²) in [4.78, 5) is 35.2. The van der Waals surface area contributed by atoms with Gasteiger partial charge in [0.2, 0.25) is 0 Å². The quantitative estimate of drug-likeness (QED) is 0.369. The van der Waals surface area contributed by atoms with E-state index in [-0.39, 0.29) is 11.4 Å². The van der Waals surface area contributed by atoms with Crippen molar-refractivity contribution in [3.8, 4) is 11.3 Å². The molecule has 128 valence electrons. The second-order valence-electron chi connectivity index (χ2n) is 6.07. The number of ether oxygens (including phenoxy) is 2. The maximum absolute atomic E-state index is 11.9. The van der Waals surface area contributed by atoms with Crippen molar-refractivity contribution in [1.29, 1.82) is 0 Å². The third kappa shape index (κ3) is 3.52. The summed E-state index contributed by atoms with van der Waals surface area (Å²) in [5.74, 6) is -1.96. The molecule has 1 aliphatic heterocycles. The summed E-state index contributed by atoms with van der Waals surface area (Å²) in [7, 11) is 0. The number of furan rings is 1. The van der Waals surface area contributed by atoms with Gasteiger partial charge in [-0.05, 0) is 19.1 Å². The molecule has 2 aromatic rings. The summed E-state index contributed by atoms with van der Waals surface area (Å²) in [6, 6.07) is 10.3. The third-order valence-electron chi connectivity index (χ3n) is 3.61. The highest BCUT2D eigenvalue weighted by atomic mass is 16.7. The van der Waals surface area contributed by atoms with E-state index in [1.54, 1.807) is 36.4 Å². The molecular weight excluding hydrogens is 324 g/mol. The van der Waals surface area contributed by atoms with E-state index in [4.69, 9.17) is 13.9 Å². The minimum atomic E-state index is -1.28. The van der Waals surface area contributed by atoms with E-state index in [9.17, 15) is 14.4 Å². The van der Waals surface area contributed by atoms with Crippen LogP contribution in [0.15, 0.2) is 46.4 Å². The molecule has 0 spiro atoms. The summed E-state index contributed by atoms with van der Waals surface area (Å²) in [5.41, 5.74) is 1.14. The Morgan fingerprint density at radius 2 is 1.56 bits per heavy atom. The second kappa shape index (κ2) is 6.05. The van der Waals surface area contributed by atoms with Crippen LogP contribution in [0, 0.1) is 0 Å². The van der Waals surface area contributed by atoms with Gasteiger partial charge in [-0.25, -0.2) is 9.59 Å². The first-order valence-corrected chi connectivity index (χ1v) is 7.65. The molecule has 1 aromatic carbocycles. The fourth-order valence-corrected chi connectivity index (χ4v) is 2.38. The van der Waals surface area contributed by atoms with Gasteiger partial charge in [-0.3, -0.25) is 4.79 Å². The van der Waals surface area contributed by atoms with Gasteiger partial charge in [0.25, 0.3) is 5.79 Å². The average molecular weight is 340 g/mol. The third-order valence-corrected chi connectivity index (χ3v) is 3.61. The van der Waals surface area contributed by atoms with Crippen LogP contribution in [0.25, 0.3) is 17.4 Å². The second-order valence-corrected chi connectivity index (χ2v) is 6.07. The standard InChI is InChI=1S/C19H16O6/c1-11(20)12-4-6-13(7-5-12)16-9-8-14(23-16)10-15-17(21)24-19(2,3)25-18(15)22/h4-10H,1-3H3. The molecule has 2 heterocycles. The number of hydrogen-bond donors (Lipinski definition) is 0. The number of Topliss-reactive ketones (excluding diaryl/α,β-unsaturated/α-hetero) is 1. The zero-order chi connectivity index (χ0) is 18.2. The molecule has 1 saturated heterocycles. The van der Waals surface area contributed by atoms with Crippen molar-refractivity contribution in [3.63, 3.8) is 0 Å². The van der Waals surface area contributed by atoms with Crippen molar-refractivity contribution in [1.82, 2.24) is 0 Å². The fourth-order valence-electron chi connectivity index (χ4n) is 2.38. The van der Waals surface area contributed by atoms with Crippen LogP contribution in [0.3, 0.4) is 0 Å². The number of hydrogen-bond acceptors (Lipinski definition) is 6. The zero-order valence-corrected chi connectivity index (χ0v) is 14.0. The topological polar surface area (TPSA) is 82.8 Å². The van der Waals surface area contributed by atoms with Crippen LogP contribution in [0.1, 0.15) is 36.9 Å². The van der Waals surface area contributed by atoms with Gasteiger partial charge >= 0.3 is 11.9 Å². The lowest BCUT2D eigenvalue weighted by atomic mass is 10.1. The van der Waals surface area contributed by atoms with Crippen LogP contribution in [0.4, 0.5) is 0 Å². The predicted octanol–water partition coefficient (Wildman–Crippen LogP) is 3.37. The summed E-state index contributed by atoms with van der Waals surface area (Å²) >= 11 is 0. The van der Waals surface area contributed by atoms with E-state index in [1.165, 1.54) is 26.8 Å². The van der Waals surface area contributed by atoms with E-state index in [2.05, 4.69) is 0 Å². The van der Waals surface area contributed by atoms with Crippen molar-refractivity contribution in [2.45, 2.75) is 26.6 Å². The minimum Gasteiger partial charge on any atom is -0.457 e. The molecule has 25 heavy (non-hydrogen) atoms. The van der Waals surface area contributed by atoms with Crippen LogP contribution < -0.4 is 0 Å². The highest BCUT2D eigenvalue weighted by Gasteiger charge is 2.39. The number of ketones is 1. The van der Waals surface area contributed by atoms with Crippen molar-refractivity contribution in [2.75, 3.05) is 0 Å². The smallest absolute Gasteiger partial charge is 0.348 e. The molecular formula is C19H16O6. The Labute approximate surface area is 144 Å². The number of cyclic esters (lactones) is 2. The number of rotatable bonds is 3. The van der Waals surface area contributed by atoms with Crippen molar-refractivity contribution >= 4 is 23.8 Å². The van der Waals surface area contributed by atoms with Crippen molar-refractivity contribution < 1.29 is 28.3 Å². The lowest BCUT2D eigenvalue weighted by Gasteiger charge is -2.29. The summed E-state index contributed by atoms with van der Waals surface area (Å²) in [5, 5.41) is 0. The minimum absolute atomic E-state index is 0.0198. The molecule has 0 radical (unpaired) electrons. The highest BCUT2D eigenvalue weighted by molar-refractivity contribution is 6.18. The molecule has 0 bridgehead atoms. The Hall–Kier alpha value is -3.15. The fraction of sp³-hybridized carbons (Fsp3) is 0.211. The molecule has 0 aliphatic carbocycles. The first-order chi connectivity index (χ1) is 11.7. The van der Waals surface area contributed by atoms with Gasteiger partial charge in [-0.2, -0.15) is 0 Å². The van der Waals surface area contributed by atoms with E-state index in [0.717, 1.165) is 5.56 Å². The van der Waals surface area contributed by atoms with Crippen molar-refractivity contribution in [2.24, 2.45) is 0 Å². The van der Waals surface area contributed by atoms with Gasteiger partial charge in [0, 0.05) is 31.1 Å². The summed E-state index contributed by atoms with van der Waals surface area (Å²) < 4.78 is 15.7. The molecule has 0 amide bonds. The summed E-state index contributed by atoms with van der Waals surface area (Å²) in [6.45, 7) is 4.46. The zero-order valence-electron chi connectivity index (χ0n) is 14.0. The molecule has 6 nitrogen and oxygen atoms in total. The Morgan fingerprint density at radius 1 is 0.960 bits per heavy atom. The normalized spacial score (nSPS) is 16.2. The molecule has 0 saturated carbocycles. The van der Waals surface area contributed by atoms with Gasteiger partial charge in [-0.1, -0.05) is 24.3 Å². The average Bonchev–Trinajstić information content (AvgIpc) is 2.99. The molecule has 0 atom stereocenters. The summed E-state index contributed by atoms with van der Waals surface area (Å²) in [6.07, 6.45) is 1.29. The van der Waals surface area contributed by atoms with Gasteiger partial charge in [0.15, 0.2) is 5.78 Å². The van der Waals surface area contributed by atoms with E-state index < -0.39 is 17.7 Å². The molecule has 0 unspecified atom stereocenters. The SMILES string of the molecule is CC(=O)c1ccc(-c2ccc(C=C3C(=O)OC(C)(C)OC3=O)o2)cc1. The first kappa shape index (κ1) is 16.7. The largest absolute Gasteiger partial charge is 0.457 e. The molecule has 3 rings (SSSR count). The lowest BCUT2D eigenvalue weighted by molar-refractivity contribution is -0.222. The van der Waals surface area contributed by atoms with Crippen LogP contribution in [-0.4, -0.2) is 23.5 Å². The Morgan fingerprint density at radius 3 is 2.12 bits per heavy atom. The predicted molar refractivity (Wildman–Crippen MR) is 88.4 cm³/mol. The Bertz CT molecular complexity index is 861. The van der Waals surface area contributed by atoms with E-state index in [1.807, 2.05) is 0 Å². The van der Waals surface area contributed by atoms with E-state index in [0.29, 0.717) is 17.1 Å². The molecule has 1 fully saturated rings. The monoisotopic (exact) mass is 340 g/mol. The first-order valence-electron chi connectivity index (χ1n) is 7.65. The Balaban J connectivity index is 1.85. The van der Waals surface area contributed by atoms with Crippen molar-refractivity contribution in [3.05, 3.63) is 53.3 Å². The molecule has 6 heteroatoms. The van der Waals surface area contributed by atoms with Gasteiger partial charge in [0.05, 0.1) is 0 Å². The molecule has 0 N–H and O–H groups in total. The van der Waals surface area contributed by atoms with E-state index >= 15 is 0 Å². The number of carbonyl (C=O) groups is 3. The Kier molecular flexibility index (Phi) is 4.04. The highest BCUT2D eigenvalue weighted by Crippen LogP contribution is 2.27. The van der Waals surface area contributed by atoms with Crippen LogP contribution in [-0.2, 0) is 19.1 Å². The maximum atomic E-state index is 11.9.